The van der Waals surface area contributed by atoms with Gasteiger partial charge in [-0.25, -0.2) is 0 Å². The Morgan fingerprint density at radius 2 is 2.27 bits per heavy atom. The van der Waals surface area contributed by atoms with Gasteiger partial charge in [0.05, 0.1) is 19.1 Å². The molecule has 3 N–H and O–H groups in total. The van der Waals surface area contributed by atoms with Crippen LogP contribution in [0.4, 0.5) is 0 Å². The van der Waals surface area contributed by atoms with Crippen LogP contribution in [0.5, 0.6) is 0 Å². The van der Waals surface area contributed by atoms with Gasteiger partial charge in [-0.3, -0.25) is 4.79 Å². The van der Waals surface area contributed by atoms with Crippen LogP contribution in [0, 0.1) is 5.92 Å². The first kappa shape index (κ1) is 11.8. The summed E-state index contributed by atoms with van der Waals surface area (Å²) < 4.78 is 0. The van der Waals surface area contributed by atoms with Crippen LogP contribution in [0.3, 0.4) is 0 Å². The van der Waals surface area contributed by atoms with Gasteiger partial charge in [-0.1, -0.05) is 18.7 Å². The second-order valence-electron chi connectivity index (χ2n) is 3.45. The third-order valence-electron chi connectivity index (χ3n) is 2.46. The van der Waals surface area contributed by atoms with Gasteiger partial charge in [-0.15, -0.1) is 0 Å². The van der Waals surface area contributed by atoms with E-state index in [2.05, 4.69) is 6.58 Å². The summed E-state index contributed by atoms with van der Waals surface area (Å²) >= 11 is 0. The fourth-order valence-corrected chi connectivity index (χ4v) is 1.70. The molecule has 0 saturated heterocycles. The number of hydrogen-bond donors (Lipinski definition) is 3. The van der Waals surface area contributed by atoms with Crippen molar-refractivity contribution in [3.8, 4) is 0 Å². The molecule has 0 amide bonds. The van der Waals surface area contributed by atoms with Gasteiger partial charge in [-0.2, -0.15) is 0 Å². The van der Waals surface area contributed by atoms with Crippen LogP contribution in [-0.2, 0) is 4.79 Å². The average Bonchev–Trinajstić information content (AvgIpc) is 2.53. The van der Waals surface area contributed by atoms with Crippen molar-refractivity contribution in [1.82, 2.24) is 0 Å². The standard InChI is InChI=1S/C11H14O4/c1-2-3-8(6-12)10-9(14)4-5-11(10,15)7-13/h2-5,10,12-13,15H,1,6-7H2/b8-3-/t10-,11-/m1/s1. The van der Waals surface area contributed by atoms with Crippen molar-refractivity contribution in [2.45, 2.75) is 5.60 Å². The molecule has 1 aliphatic rings. The van der Waals surface area contributed by atoms with Crippen molar-refractivity contribution in [1.29, 1.82) is 0 Å². The zero-order valence-electron chi connectivity index (χ0n) is 8.26. The van der Waals surface area contributed by atoms with Crippen molar-refractivity contribution in [3.63, 3.8) is 0 Å². The fraction of sp³-hybridized carbons (Fsp3) is 0.364. The number of carbonyl (C=O) groups is 1. The molecular weight excluding hydrogens is 196 g/mol. The number of aliphatic hydroxyl groups is 3. The molecule has 0 radical (unpaired) electrons. The van der Waals surface area contributed by atoms with E-state index in [1.165, 1.54) is 24.3 Å². The first-order chi connectivity index (χ1) is 7.09. The number of rotatable bonds is 4. The van der Waals surface area contributed by atoms with Crippen LogP contribution in [0.15, 0.2) is 36.5 Å². The molecule has 4 heteroatoms. The van der Waals surface area contributed by atoms with Crippen molar-refractivity contribution < 1.29 is 20.1 Å². The minimum absolute atomic E-state index is 0.325. The lowest BCUT2D eigenvalue weighted by Gasteiger charge is -2.27. The maximum absolute atomic E-state index is 11.5. The lowest BCUT2D eigenvalue weighted by Crippen LogP contribution is -2.41. The Morgan fingerprint density at radius 3 is 2.73 bits per heavy atom. The molecule has 0 fully saturated rings. The molecule has 2 atom stereocenters. The van der Waals surface area contributed by atoms with Crippen LogP contribution in [0.25, 0.3) is 0 Å². The van der Waals surface area contributed by atoms with E-state index in [0.29, 0.717) is 5.57 Å². The van der Waals surface area contributed by atoms with E-state index in [-0.39, 0.29) is 12.4 Å². The molecule has 0 saturated carbocycles. The Labute approximate surface area is 87.9 Å². The van der Waals surface area contributed by atoms with Gasteiger partial charge in [0.1, 0.15) is 5.60 Å². The van der Waals surface area contributed by atoms with Gasteiger partial charge >= 0.3 is 0 Å². The monoisotopic (exact) mass is 210 g/mol. The highest BCUT2D eigenvalue weighted by Crippen LogP contribution is 2.32. The Kier molecular flexibility index (Phi) is 3.57. The highest BCUT2D eigenvalue weighted by atomic mass is 16.3. The van der Waals surface area contributed by atoms with Gasteiger partial charge in [0.15, 0.2) is 5.78 Å². The average molecular weight is 210 g/mol. The molecule has 1 aliphatic carbocycles. The number of carbonyl (C=O) groups excluding carboxylic acids is 1. The maximum atomic E-state index is 11.5. The topological polar surface area (TPSA) is 77.8 Å². The summed E-state index contributed by atoms with van der Waals surface area (Å²) in [5.41, 5.74) is -1.26. The summed E-state index contributed by atoms with van der Waals surface area (Å²) in [5.74, 6) is -1.24. The van der Waals surface area contributed by atoms with E-state index < -0.39 is 18.1 Å². The SMILES string of the molecule is C=C/C=C(/CO)[C@@H]1C(=O)C=C[C@@]1(O)CO. The highest BCUT2D eigenvalue weighted by Gasteiger charge is 2.44. The second kappa shape index (κ2) is 4.53. The van der Waals surface area contributed by atoms with E-state index in [0.717, 1.165) is 0 Å². The maximum Gasteiger partial charge on any atom is 0.166 e. The predicted octanol–water partition coefficient (Wildman–Crippen LogP) is -0.430. The quantitative estimate of drug-likeness (QED) is 0.550. The zero-order valence-corrected chi connectivity index (χ0v) is 8.26. The van der Waals surface area contributed by atoms with Gasteiger partial charge in [0, 0.05) is 0 Å². The number of ketones is 1. The van der Waals surface area contributed by atoms with Crippen molar-refractivity contribution in [2.75, 3.05) is 13.2 Å². The normalized spacial score (nSPS) is 31.0. The predicted molar refractivity (Wildman–Crippen MR) is 55.0 cm³/mol. The molecule has 82 valence electrons. The Balaban J connectivity index is 3.06. The molecule has 0 spiro atoms. The third-order valence-corrected chi connectivity index (χ3v) is 2.46. The van der Waals surface area contributed by atoms with E-state index in [1.54, 1.807) is 0 Å². The zero-order chi connectivity index (χ0) is 11.5. The summed E-state index contributed by atoms with van der Waals surface area (Å²) in [7, 11) is 0. The molecule has 0 aromatic rings. The van der Waals surface area contributed by atoms with Crippen molar-refractivity contribution >= 4 is 5.78 Å². The van der Waals surface area contributed by atoms with Crippen LogP contribution in [0.2, 0.25) is 0 Å². The summed E-state index contributed by atoms with van der Waals surface area (Å²) in [6, 6.07) is 0. The lowest BCUT2D eigenvalue weighted by molar-refractivity contribution is -0.122. The summed E-state index contributed by atoms with van der Waals surface area (Å²) in [6.45, 7) is 2.54. The van der Waals surface area contributed by atoms with Crippen molar-refractivity contribution in [3.05, 3.63) is 36.5 Å². The molecule has 0 aromatic heterocycles. The first-order valence-corrected chi connectivity index (χ1v) is 4.57. The van der Waals surface area contributed by atoms with Crippen molar-refractivity contribution in [2.24, 2.45) is 5.92 Å². The Morgan fingerprint density at radius 1 is 1.60 bits per heavy atom. The van der Waals surface area contributed by atoms with Gasteiger partial charge in [0.2, 0.25) is 0 Å². The molecular formula is C11H14O4. The minimum Gasteiger partial charge on any atom is -0.393 e. The molecule has 4 nitrogen and oxygen atoms in total. The molecule has 0 aliphatic heterocycles. The smallest absolute Gasteiger partial charge is 0.166 e. The van der Waals surface area contributed by atoms with E-state index in [1.807, 2.05) is 0 Å². The van der Waals surface area contributed by atoms with Crippen LogP contribution < -0.4 is 0 Å². The van der Waals surface area contributed by atoms with Gasteiger partial charge in [-0.05, 0) is 17.7 Å². The van der Waals surface area contributed by atoms with Gasteiger partial charge in [0.25, 0.3) is 0 Å². The lowest BCUT2D eigenvalue weighted by atomic mass is 9.84. The molecule has 0 bridgehead atoms. The van der Waals surface area contributed by atoms with Crippen LogP contribution >= 0.6 is 0 Å². The molecule has 0 heterocycles. The minimum atomic E-state index is -1.60. The van der Waals surface area contributed by atoms with E-state index in [4.69, 9.17) is 10.2 Å². The first-order valence-electron chi connectivity index (χ1n) is 4.57. The summed E-state index contributed by atoms with van der Waals surface area (Å²) in [4.78, 5) is 11.5. The largest absolute Gasteiger partial charge is 0.393 e. The Hall–Kier alpha value is -1.23. The highest BCUT2D eigenvalue weighted by molar-refractivity contribution is 5.98. The third kappa shape index (κ3) is 2.07. The number of aliphatic hydroxyl groups excluding tert-OH is 2. The molecule has 15 heavy (non-hydrogen) atoms. The number of hydrogen-bond acceptors (Lipinski definition) is 4. The van der Waals surface area contributed by atoms with E-state index in [9.17, 15) is 9.90 Å². The van der Waals surface area contributed by atoms with E-state index >= 15 is 0 Å². The molecule has 0 unspecified atom stereocenters. The fourth-order valence-electron chi connectivity index (χ4n) is 1.70. The molecule has 0 aromatic carbocycles. The second-order valence-corrected chi connectivity index (χ2v) is 3.45. The Bertz CT molecular complexity index is 329. The van der Waals surface area contributed by atoms with Crippen LogP contribution in [0.1, 0.15) is 0 Å². The molecule has 1 rings (SSSR count). The summed E-state index contributed by atoms with van der Waals surface area (Å²) in [5, 5.41) is 28.0. The van der Waals surface area contributed by atoms with Gasteiger partial charge < -0.3 is 15.3 Å². The summed E-state index contributed by atoms with van der Waals surface area (Å²) in [6.07, 6.45) is 5.37. The van der Waals surface area contributed by atoms with Crippen LogP contribution in [-0.4, -0.2) is 39.9 Å². The number of allylic oxidation sites excluding steroid dienone is 3.